The van der Waals surface area contributed by atoms with E-state index in [0.29, 0.717) is 17.8 Å². The number of non-ortho nitro benzene ring substituents is 1. The lowest BCUT2D eigenvalue weighted by atomic mass is 9.99. The Morgan fingerprint density at radius 3 is 2.61 bits per heavy atom. The summed E-state index contributed by atoms with van der Waals surface area (Å²) in [5.74, 6) is -1.63. The third-order valence-corrected chi connectivity index (χ3v) is 6.19. The first-order chi connectivity index (χ1) is 14.8. The molecule has 2 aromatic carbocycles. The first-order valence-electron chi connectivity index (χ1n) is 9.39. The Balaban J connectivity index is 1.51. The first kappa shape index (κ1) is 20.4. The van der Waals surface area contributed by atoms with Crippen molar-refractivity contribution in [1.82, 2.24) is 0 Å². The van der Waals surface area contributed by atoms with Crippen LogP contribution in [0.1, 0.15) is 22.2 Å². The highest BCUT2D eigenvalue weighted by molar-refractivity contribution is 7.15. The number of benzene rings is 2. The average Bonchev–Trinajstić information content (AvgIpc) is 3.34. The van der Waals surface area contributed by atoms with E-state index < -0.39 is 16.8 Å². The lowest BCUT2D eigenvalue weighted by Gasteiger charge is -2.14. The molecule has 4 rings (SSSR count). The second-order valence-corrected chi connectivity index (χ2v) is 8.24. The van der Waals surface area contributed by atoms with Gasteiger partial charge in [0.25, 0.3) is 11.6 Å². The molecule has 1 aromatic heterocycles. The third kappa shape index (κ3) is 4.08. The molecule has 8 nitrogen and oxygen atoms in total. The molecule has 0 saturated heterocycles. The van der Waals surface area contributed by atoms with Crippen molar-refractivity contribution in [3.05, 3.63) is 81.2 Å². The summed E-state index contributed by atoms with van der Waals surface area (Å²) in [5, 5.41) is 25.7. The number of hydrogen-bond acceptors (Lipinski definition) is 6. The van der Waals surface area contributed by atoms with Crippen LogP contribution in [0.2, 0.25) is 0 Å². The minimum Gasteiger partial charge on any atom is -0.478 e. The number of nitro groups is 1. The van der Waals surface area contributed by atoms with Crippen LogP contribution in [-0.4, -0.2) is 27.6 Å². The van der Waals surface area contributed by atoms with Crippen LogP contribution in [0.15, 0.2) is 65.8 Å². The maximum Gasteiger partial charge on any atom is 0.335 e. The molecular weight excluding hydrogens is 418 g/mol. The summed E-state index contributed by atoms with van der Waals surface area (Å²) in [5.41, 5.74) is 2.12. The van der Waals surface area contributed by atoms with E-state index in [9.17, 15) is 19.7 Å². The Labute approximate surface area is 181 Å². The molecule has 1 N–H and O–H groups in total. The van der Waals surface area contributed by atoms with Gasteiger partial charge in [-0.25, -0.2) is 9.80 Å². The van der Waals surface area contributed by atoms with E-state index in [4.69, 9.17) is 5.11 Å². The summed E-state index contributed by atoms with van der Waals surface area (Å²) in [7, 11) is 0. The number of aromatic carboxylic acids is 1. The maximum atomic E-state index is 13.0. The second-order valence-electron chi connectivity index (χ2n) is 7.07. The lowest BCUT2D eigenvalue weighted by Crippen LogP contribution is -2.28. The van der Waals surface area contributed by atoms with Gasteiger partial charge in [-0.2, -0.15) is 5.10 Å². The molecule has 0 bridgehead atoms. The van der Waals surface area contributed by atoms with Gasteiger partial charge in [0.15, 0.2) is 0 Å². The smallest absolute Gasteiger partial charge is 0.335 e. The van der Waals surface area contributed by atoms with Gasteiger partial charge >= 0.3 is 5.97 Å². The van der Waals surface area contributed by atoms with Crippen molar-refractivity contribution in [1.29, 1.82) is 0 Å². The van der Waals surface area contributed by atoms with Crippen LogP contribution in [-0.2, 0) is 11.2 Å². The zero-order chi connectivity index (χ0) is 22.1. The van der Waals surface area contributed by atoms with E-state index in [-0.39, 0.29) is 17.2 Å². The molecule has 0 radical (unpaired) electrons. The van der Waals surface area contributed by atoms with E-state index in [1.807, 2.05) is 18.2 Å². The van der Waals surface area contributed by atoms with E-state index in [1.54, 1.807) is 25.1 Å². The standard InChI is InChI=1S/C22H17N3O5S/c1-13-19(21(26)24(23-13)16-7-5-14(6-8-16)22(27)28)12-18-9-10-20(31-18)15-3-2-4-17(11-15)25(29)30/h2-11,19H,12H2,1H3,(H,27,28). The van der Waals surface area contributed by atoms with Crippen LogP contribution in [0.25, 0.3) is 10.4 Å². The normalized spacial score (nSPS) is 15.8. The molecule has 0 aliphatic carbocycles. The van der Waals surface area contributed by atoms with Crippen molar-refractivity contribution in [3.63, 3.8) is 0 Å². The molecule has 9 heteroatoms. The summed E-state index contributed by atoms with van der Waals surface area (Å²) in [4.78, 5) is 36.4. The number of carbonyl (C=O) groups excluding carboxylic acids is 1. The molecule has 31 heavy (non-hydrogen) atoms. The van der Waals surface area contributed by atoms with Crippen LogP contribution in [0.3, 0.4) is 0 Å². The maximum absolute atomic E-state index is 13.0. The van der Waals surface area contributed by atoms with Crippen molar-refractivity contribution in [2.24, 2.45) is 11.0 Å². The molecule has 1 aliphatic rings. The van der Waals surface area contributed by atoms with Gasteiger partial charge in [0.1, 0.15) is 0 Å². The number of anilines is 1. The quantitative estimate of drug-likeness (QED) is 0.449. The van der Waals surface area contributed by atoms with Crippen LogP contribution in [0.5, 0.6) is 0 Å². The van der Waals surface area contributed by atoms with Gasteiger partial charge in [0.2, 0.25) is 0 Å². The Morgan fingerprint density at radius 1 is 1.19 bits per heavy atom. The lowest BCUT2D eigenvalue weighted by molar-refractivity contribution is -0.384. The average molecular weight is 435 g/mol. The summed E-state index contributed by atoms with van der Waals surface area (Å²) in [6, 6.07) is 16.3. The Morgan fingerprint density at radius 2 is 1.94 bits per heavy atom. The number of carbonyl (C=O) groups is 2. The molecule has 2 heterocycles. The number of hydrazone groups is 1. The first-order valence-corrected chi connectivity index (χ1v) is 10.2. The van der Waals surface area contributed by atoms with Crippen LogP contribution < -0.4 is 5.01 Å². The summed E-state index contributed by atoms with van der Waals surface area (Å²) in [6.45, 7) is 1.79. The monoisotopic (exact) mass is 435 g/mol. The van der Waals surface area contributed by atoms with E-state index in [2.05, 4.69) is 5.10 Å². The molecule has 0 saturated carbocycles. The van der Waals surface area contributed by atoms with Gasteiger partial charge in [0, 0.05) is 27.6 Å². The Hall–Kier alpha value is -3.85. The number of amides is 1. The van der Waals surface area contributed by atoms with E-state index >= 15 is 0 Å². The second kappa shape index (κ2) is 8.11. The fourth-order valence-electron chi connectivity index (χ4n) is 3.38. The van der Waals surface area contributed by atoms with Crippen molar-refractivity contribution >= 4 is 40.3 Å². The summed E-state index contributed by atoms with van der Waals surface area (Å²) >= 11 is 1.49. The zero-order valence-electron chi connectivity index (χ0n) is 16.4. The van der Waals surface area contributed by atoms with Gasteiger partial charge in [-0.15, -0.1) is 11.3 Å². The highest BCUT2D eigenvalue weighted by Crippen LogP contribution is 2.33. The van der Waals surface area contributed by atoms with E-state index in [1.165, 1.54) is 40.6 Å². The van der Waals surface area contributed by atoms with Gasteiger partial charge in [-0.3, -0.25) is 14.9 Å². The summed E-state index contributed by atoms with van der Waals surface area (Å²) < 4.78 is 0. The summed E-state index contributed by atoms with van der Waals surface area (Å²) in [6.07, 6.45) is 0.470. The van der Waals surface area contributed by atoms with E-state index in [0.717, 1.165) is 15.3 Å². The molecule has 1 atom stereocenters. The number of thiophene rings is 1. The Bertz CT molecular complexity index is 1220. The minimum atomic E-state index is -1.03. The number of carboxylic acids is 1. The zero-order valence-corrected chi connectivity index (χ0v) is 17.2. The fourth-order valence-corrected chi connectivity index (χ4v) is 4.43. The minimum absolute atomic E-state index is 0.0333. The van der Waals surface area contributed by atoms with Crippen LogP contribution in [0, 0.1) is 16.0 Å². The Kier molecular flexibility index (Phi) is 5.35. The van der Waals surface area contributed by atoms with Gasteiger partial charge in [0.05, 0.1) is 22.1 Å². The topological polar surface area (TPSA) is 113 Å². The molecule has 0 spiro atoms. The van der Waals surface area contributed by atoms with Crippen molar-refractivity contribution in [3.8, 4) is 10.4 Å². The number of hydrogen-bond donors (Lipinski definition) is 1. The SMILES string of the molecule is CC1=NN(c2ccc(C(=O)O)cc2)C(=O)C1Cc1ccc(-c2cccc([N+](=O)[O-])c2)s1. The van der Waals surface area contributed by atoms with Crippen LogP contribution >= 0.6 is 11.3 Å². The van der Waals surface area contributed by atoms with Gasteiger partial charge in [-0.05, 0) is 55.3 Å². The number of nitro benzene ring substituents is 1. The highest BCUT2D eigenvalue weighted by atomic mass is 32.1. The third-order valence-electron chi connectivity index (χ3n) is 5.04. The van der Waals surface area contributed by atoms with Crippen molar-refractivity contribution in [2.45, 2.75) is 13.3 Å². The van der Waals surface area contributed by atoms with Gasteiger partial charge < -0.3 is 5.11 Å². The number of carboxylic acid groups (broad SMARTS) is 1. The predicted molar refractivity (Wildman–Crippen MR) is 118 cm³/mol. The molecular formula is C22H17N3O5S. The van der Waals surface area contributed by atoms with Crippen molar-refractivity contribution in [2.75, 3.05) is 5.01 Å². The van der Waals surface area contributed by atoms with Crippen LogP contribution in [0.4, 0.5) is 11.4 Å². The fraction of sp³-hybridized carbons (Fsp3) is 0.136. The largest absolute Gasteiger partial charge is 0.478 e. The predicted octanol–water partition coefficient (Wildman–Crippen LogP) is 4.60. The molecule has 1 unspecified atom stereocenters. The molecule has 3 aromatic rings. The number of nitrogens with zero attached hydrogens (tertiary/aromatic N) is 3. The number of rotatable bonds is 6. The van der Waals surface area contributed by atoms with Crippen molar-refractivity contribution < 1.29 is 19.6 Å². The highest BCUT2D eigenvalue weighted by Gasteiger charge is 2.34. The molecule has 0 fully saturated rings. The molecule has 156 valence electrons. The molecule has 1 aliphatic heterocycles. The van der Waals surface area contributed by atoms with Gasteiger partial charge in [-0.1, -0.05) is 12.1 Å². The molecule has 1 amide bonds.